The number of hydrazone groups is 1. The quantitative estimate of drug-likeness (QED) is 0.591. The molecule has 3 heteroatoms. The number of hydrogen-bond donors (Lipinski definition) is 1. The van der Waals surface area contributed by atoms with E-state index in [1.165, 1.54) is 0 Å². The van der Waals surface area contributed by atoms with Gasteiger partial charge in [0.05, 0.1) is 5.92 Å². The van der Waals surface area contributed by atoms with Crippen LogP contribution in [0.2, 0.25) is 0 Å². The van der Waals surface area contributed by atoms with Crippen molar-refractivity contribution in [2.24, 2.45) is 11.0 Å². The van der Waals surface area contributed by atoms with E-state index in [0.29, 0.717) is 6.42 Å². The second-order valence-corrected chi connectivity index (χ2v) is 2.94. The lowest BCUT2D eigenvalue weighted by atomic mass is 9.97. The molecule has 3 nitrogen and oxygen atoms in total. The van der Waals surface area contributed by atoms with E-state index in [4.69, 9.17) is 0 Å². The zero-order valence-corrected chi connectivity index (χ0v) is 6.85. The SMILES string of the molecule is C=C(C)CC1C(=O)NN=C1C. The van der Waals surface area contributed by atoms with Crippen LogP contribution in [0.25, 0.3) is 0 Å². The lowest BCUT2D eigenvalue weighted by Crippen LogP contribution is -2.22. The van der Waals surface area contributed by atoms with Crippen molar-refractivity contribution in [2.75, 3.05) is 0 Å². The lowest BCUT2D eigenvalue weighted by molar-refractivity contribution is -0.122. The Balaban J connectivity index is 2.63. The Bertz CT molecular complexity index is 230. The zero-order chi connectivity index (χ0) is 8.43. The monoisotopic (exact) mass is 152 g/mol. The first-order valence-electron chi connectivity index (χ1n) is 3.59. The molecular formula is C8H12N2O. The van der Waals surface area contributed by atoms with E-state index in [2.05, 4.69) is 17.1 Å². The fourth-order valence-corrected chi connectivity index (χ4v) is 1.08. The van der Waals surface area contributed by atoms with Crippen molar-refractivity contribution in [3.63, 3.8) is 0 Å². The van der Waals surface area contributed by atoms with Crippen LogP contribution in [-0.4, -0.2) is 11.6 Å². The highest BCUT2D eigenvalue weighted by atomic mass is 16.2. The molecule has 0 aromatic rings. The minimum atomic E-state index is -0.0764. The topological polar surface area (TPSA) is 41.5 Å². The number of amides is 1. The van der Waals surface area contributed by atoms with Gasteiger partial charge in [-0.05, 0) is 20.3 Å². The average Bonchev–Trinajstić information content (AvgIpc) is 2.18. The highest BCUT2D eigenvalue weighted by Gasteiger charge is 2.26. The molecule has 1 aliphatic rings. The highest BCUT2D eigenvalue weighted by Crippen LogP contribution is 2.15. The Labute approximate surface area is 66.2 Å². The van der Waals surface area contributed by atoms with Gasteiger partial charge >= 0.3 is 0 Å². The van der Waals surface area contributed by atoms with E-state index in [1.807, 2.05) is 13.8 Å². The van der Waals surface area contributed by atoms with Crippen LogP contribution in [0.15, 0.2) is 17.3 Å². The van der Waals surface area contributed by atoms with Gasteiger partial charge in [0.25, 0.3) is 0 Å². The molecule has 0 aliphatic carbocycles. The summed E-state index contributed by atoms with van der Waals surface area (Å²) in [5.74, 6) is -0.0852. The van der Waals surface area contributed by atoms with Crippen LogP contribution in [0.1, 0.15) is 20.3 Å². The number of rotatable bonds is 2. The number of nitrogens with one attached hydrogen (secondary N) is 1. The molecule has 0 fully saturated rings. The van der Waals surface area contributed by atoms with Gasteiger partial charge in [0, 0.05) is 5.71 Å². The smallest absolute Gasteiger partial charge is 0.249 e. The molecule has 1 amide bonds. The predicted molar refractivity (Wildman–Crippen MR) is 44.2 cm³/mol. The zero-order valence-electron chi connectivity index (χ0n) is 6.85. The van der Waals surface area contributed by atoms with Gasteiger partial charge in [-0.15, -0.1) is 6.58 Å². The Morgan fingerprint density at radius 3 is 2.82 bits per heavy atom. The molecular weight excluding hydrogens is 140 g/mol. The molecule has 1 heterocycles. The van der Waals surface area contributed by atoms with Crippen LogP contribution in [0.3, 0.4) is 0 Å². The highest BCUT2D eigenvalue weighted by molar-refractivity contribution is 6.07. The Morgan fingerprint density at radius 2 is 2.45 bits per heavy atom. The average molecular weight is 152 g/mol. The molecule has 0 aromatic heterocycles. The number of nitrogens with zero attached hydrogens (tertiary/aromatic N) is 1. The van der Waals surface area contributed by atoms with E-state index in [0.717, 1.165) is 11.3 Å². The minimum Gasteiger partial charge on any atom is -0.272 e. The van der Waals surface area contributed by atoms with Gasteiger partial charge in [-0.25, -0.2) is 5.43 Å². The van der Waals surface area contributed by atoms with E-state index >= 15 is 0 Å². The van der Waals surface area contributed by atoms with E-state index in [-0.39, 0.29) is 11.8 Å². The van der Waals surface area contributed by atoms with Gasteiger partial charge in [-0.1, -0.05) is 5.57 Å². The maximum absolute atomic E-state index is 11.1. The number of hydrogen-bond acceptors (Lipinski definition) is 2. The third kappa shape index (κ3) is 1.67. The predicted octanol–water partition coefficient (Wildman–Crippen LogP) is 1.07. The first kappa shape index (κ1) is 7.98. The summed E-state index contributed by atoms with van der Waals surface area (Å²) in [4.78, 5) is 11.1. The van der Waals surface area contributed by atoms with Crippen LogP contribution in [-0.2, 0) is 4.79 Å². The molecule has 0 aromatic carbocycles. The third-order valence-corrected chi connectivity index (χ3v) is 1.72. The maximum Gasteiger partial charge on any atom is 0.249 e. The molecule has 60 valence electrons. The summed E-state index contributed by atoms with van der Waals surface area (Å²) in [6.45, 7) is 7.52. The van der Waals surface area contributed by atoms with Gasteiger partial charge < -0.3 is 0 Å². The molecule has 1 aliphatic heterocycles. The summed E-state index contributed by atoms with van der Waals surface area (Å²) >= 11 is 0. The van der Waals surface area contributed by atoms with Crippen molar-refractivity contribution in [2.45, 2.75) is 20.3 Å². The van der Waals surface area contributed by atoms with E-state index in [1.54, 1.807) is 0 Å². The molecule has 1 unspecified atom stereocenters. The number of carbonyl (C=O) groups is 1. The number of allylic oxidation sites excluding steroid dienone is 1. The van der Waals surface area contributed by atoms with Crippen LogP contribution in [0, 0.1) is 5.92 Å². The van der Waals surface area contributed by atoms with Crippen LogP contribution in [0.5, 0.6) is 0 Å². The summed E-state index contributed by atoms with van der Waals surface area (Å²) in [5.41, 5.74) is 4.31. The van der Waals surface area contributed by atoms with Crippen LogP contribution >= 0.6 is 0 Å². The summed E-state index contributed by atoms with van der Waals surface area (Å²) in [7, 11) is 0. The largest absolute Gasteiger partial charge is 0.272 e. The van der Waals surface area contributed by atoms with Crippen molar-refractivity contribution in [1.29, 1.82) is 0 Å². The molecule has 1 N–H and O–H groups in total. The first-order chi connectivity index (χ1) is 5.11. The summed E-state index contributed by atoms with van der Waals surface area (Å²) in [6.07, 6.45) is 0.709. The molecule has 11 heavy (non-hydrogen) atoms. The van der Waals surface area contributed by atoms with Crippen molar-refractivity contribution in [3.8, 4) is 0 Å². The van der Waals surface area contributed by atoms with Gasteiger partial charge in [0.1, 0.15) is 0 Å². The fraction of sp³-hybridized carbons (Fsp3) is 0.500. The Hall–Kier alpha value is -1.12. The summed E-state index contributed by atoms with van der Waals surface area (Å²) < 4.78 is 0. The van der Waals surface area contributed by atoms with E-state index < -0.39 is 0 Å². The first-order valence-corrected chi connectivity index (χ1v) is 3.59. The summed E-state index contributed by atoms with van der Waals surface area (Å²) in [5, 5.41) is 3.83. The van der Waals surface area contributed by atoms with Crippen LogP contribution < -0.4 is 5.43 Å². The van der Waals surface area contributed by atoms with Crippen molar-refractivity contribution >= 4 is 11.6 Å². The van der Waals surface area contributed by atoms with Gasteiger partial charge in [0.15, 0.2) is 0 Å². The van der Waals surface area contributed by atoms with Crippen molar-refractivity contribution in [1.82, 2.24) is 5.43 Å². The summed E-state index contributed by atoms with van der Waals surface area (Å²) in [6, 6.07) is 0. The molecule has 0 spiro atoms. The standard InChI is InChI=1S/C8H12N2O/c1-5(2)4-7-6(3)9-10-8(7)11/h7H,1,4H2,2-3H3,(H,10,11). The van der Waals surface area contributed by atoms with Gasteiger partial charge in [0.2, 0.25) is 5.91 Å². The Kier molecular flexibility index (Phi) is 2.08. The molecule has 1 atom stereocenters. The van der Waals surface area contributed by atoms with Gasteiger partial charge in [-0.2, -0.15) is 5.10 Å². The number of carbonyl (C=O) groups excluding carboxylic acids is 1. The second-order valence-electron chi connectivity index (χ2n) is 2.94. The lowest BCUT2D eigenvalue weighted by Gasteiger charge is -2.05. The minimum absolute atomic E-state index is 0.00880. The van der Waals surface area contributed by atoms with Gasteiger partial charge in [-0.3, -0.25) is 4.79 Å². The molecule has 0 saturated heterocycles. The second kappa shape index (κ2) is 2.86. The Morgan fingerprint density at radius 1 is 1.82 bits per heavy atom. The molecule has 0 bridgehead atoms. The third-order valence-electron chi connectivity index (χ3n) is 1.72. The molecule has 1 rings (SSSR count). The van der Waals surface area contributed by atoms with Crippen molar-refractivity contribution in [3.05, 3.63) is 12.2 Å². The molecule has 0 saturated carbocycles. The fourth-order valence-electron chi connectivity index (χ4n) is 1.08. The normalized spacial score (nSPS) is 22.9. The maximum atomic E-state index is 11.1. The van der Waals surface area contributed by atoms with Crippen molar-refractivity contribution < 1.29 is 4.79 Å². The van der Waals surface area contributed by atoms with E-state index in [9.17, 15) is 4.79 Å². The van der Waals surface area contributed by atoms with Crippen LogP contribution in [0.4, 0.5) is 0 Å². The molecule has 0 radical (unpaired) electrons.